The summed E-state index contributed by atoms with van der Waals surface area (Å²) in [6.45, 7) is 9.53. The molecule has 0 aromatic heterocycles. The summed E-state index contributed by atoms with van der Waals surface area (Å²) in [5.74, 6) is 0. The van der Waals surface area contributed by atoms with Crippen molar-refractivity contribution in [2.75, 3.05) is 26.8 Å². The monoisotopic (exact) mass is 200 g/mol. The molecule has 0 aliphatic carbocycles. The Balaban J connectivity index is 2.39. The third-order valence-electron chi connectivity index (χ3n) is 2.91. The van der Waals surface area contributed by atoms with Crippen molar-refractivity contribution in [3.63, 3.8) is 0 Å². The van der Waals surface area contributed by atoms with Crippen LogP contribution in [0.1, 0.15) is 27.2 Å². The van der Waals surface area contributed by atoms with Gasteiger partial charge >= 0.3 is 0 Å². The van der Waals surface area contributed by atoms with E-state index in [2.05, 4.69) is 31.4 Å². The fraction of sp³-hybridized carbons (Fsp3) is 1.00. The highest BCUT2D eigenvalue weighted by atomic mass is 16.5. The zero-order chi connectivity index (χ0) is 10.6. The number of hydrogen-bond donors (Lipinski definition) is 2. The number of ether oxygens (including phenoxy) is 1. The van der Waals surface area contributed by atoms with Gasteiger partial charge in [0, 0.05) is 18.6 Å². The van der Waals surface area contributed by atoms with Crippen LogP contribution in [0, 0.1) is 5.41 Å². The molecule has 1 aliphatic heterocycles. The molecule has 14 heavy (non-hydrogen) atoms. The van der Waals surface area contributed by atoms with Crippen molar-refractivity contribution >= 4 is 0 Å². The van der Waals surface area contributed by atoms with Gasteiger partial charge in [-0.05, 0) is 18.9 Å². The molecule has 0 aromatic carbocycles. The van der Waals surface area contributed by atoms with Crippen LogP contribution in [0.5, 0.6) is 0 Å². The van der Waals surface area contributed by atoms with Gasteiger partial charge in [0.2, 0.25) is 0 Å². The first-order chi connectivity index (χ1) is 6.54. The third kappa shape index (κ3) is 3.56. The van der Waals surface area contributed by atoms with Gasteiger partial charge in [-0.2, -0.15) is 0 Å². The van der Waals surface area contributed by atoms with Crippen LogP contribution in [-0.4, -0.2) is 38.9 Å². The average molecular weight is 200 g/mol. The lowest BCUT2D eigenvalue weighted by Gasteiger charge is -2.35. The molecule has 0 saturated carbocycles. The van der Waals surface area contributed by atoms with Crippen molar-refractivity contribution in [2.45, 2.75) is 39.3 Å². The van der Waals surface area contributed by atoms with Gasteiger partial charge in [-0.3, -0.25) is 0 Å². The van der Waals surface area contributed by atoms with Crippen LogP contribution in [-0.2, 0) is 4.74 Å². The Kier molecular flexibility index (Phi) is 4.35. The van der Waals surface area contributed by atoms with Gasteiger partial charge in [-0.25, -0.2) is 0 Å². The summed E-state index contributed by atoms with van der Waals surface area (Å²) in [7, 11) is 2.04. The fourth-order valence-corrected chi connectivity index (χ4v) is 1.96. The maximum atomic E-state index is 5.45. The first-order valence-electron chi connectivity index (χ1n) is 5.52. The molecule has 1 aliphatic rings. The molecule has 1 saturated heterocycles. The first kappa shape index (κ1) is 12.0. The molecule has 0 radical (unpaired) electrons. The van der Waals surface area contributed by atoms with Crippen molar-refractivity contribution in [1.29, 1.82) is 0 Å². The summed E-state index contributed by atoms with van der Waals surface area (Å²) in [6.07, 6.45) is 1.14. The second kappa shape index (κ2) is 5.10. The van der Waals surface area contributed by atoms with E-state index in [1.54, 1.807) is 0 Å². The molecule has 2 N–H and O–H groups in total. The van der Waals surface area contributed by atoms with Crippen molar-refractivity contribution in [3.8, 4) is 0 Å². The molecule has 1 heterocycles. The molecular weight excluding hydrogens is 176 g/mol. The Labute approximate surface area is 87.6 Å². The second-order valence-electron chi connectivity index (χ2n) is 5.17. The number of rotatable bonds is 3. The van der Waals surface area contributed by atoms with E-state index in [4.69, 9.17) is 4.74 Å². The van der Waals surface area contributed by atoms with Gasteiger partial charge in [0.15, 0.2) is 0 Å². The minimum atomic E-state index is 0.313. The van der Waals surface area contributed by atoms with E-state index in [-0.39, 0.29) is 0 Å². The van der Waals surface area contributed by atoms with Crippen LogP contribution >= 0.6 is 0 Å². The van der Waals surface area contributed by atoms with E-state index < -0.39 is 0 Å². The Morgan fingerprint density at radius 3 is 2.64 bits per heavy atom. The van der Waals surface area contributed by atoms with E-state index >= 15 is 0 Å². The molecule has 2 unspecified atom stereocenters. The zero-order valence-corrected chi connectivity index (χ0v) is 9.89. The van der Waals surface area contributed by atoms with Crippen LogP contribution in [0.15, 0.2) is 0 Å². The van der Waals surface area contributed by atoms with Gasteiger partial charge in [-0.1, -0.05) is 20.8 Å². The second-order valence-corrected chi connectivity index (χ2v) is 5.17. The summed E-state index contributed by atoms with van der Waals surface area (Å²) < 4.78 is 5.45. The highest BCUT2D eigenvalue weighted by Crippen LogP contribution is 2.22. The van der Waals surface area contributed by atoms with Gasteiger partial charge < -0.3 is 15.4 Å². The fourth-order valence-electron chi connectivity index (χ4n) is 1.96. The minimum absolute atomic E-state index is 0.313. The van der Waals surface area contributed by atoms with E-state index in [1.165, 1.54) is 0 Å². The molecule has 84 valence electrons. The standard InChI is InChI=1S/C11H24N2O/c1-11(2,3)10(12-4)7-9-8-14-6-5-13-9/h9-10,12-13H,5-8H2,1-4H3. The highest BCUT2D eigenvalue weighted by Gasteiger charge is 2.26. The molecule has 1 rings (SSSR count). The largest absolute Gasteiger partial charge is 0.379 e. The lowest BCUT2D eigenvalue weighted by Crippen LogP contribution is -2.48. The molecule has 0 bridgehead atoms. The summed E-state index contributed by atoms with van der Waals surface area (Å²) in [5.41, 5.74) is 0.313. The van der Waals surface area contributed by atoms with Crippen LogP contribution in [0.3, 0.4) is 0 Å². The smallest absolute Gasteiger partial charge is 0.0620 e. The predicted molar refractivity (Wildman–Crippen MR) is 59.5 cm³/mol. The van der Waals surface area contributed by atoms with E-state index in [1.807, 2.05) is 7.05 Å². The SMILES string of the molecule is CNC(CC1COCCN1)C(C)(C)C. The van der Waals surface area contributed by atoms with Crippen LogP contribution < -0.4 is 10.6 Å². The van der Waals surface area contributed by atoms with Crippen LogP contribution in [0.4, 0.5) is 0 Å². The van der Waals surface area contributed by atoms with Crippen molar-refractivity contribution in [2.24, 2.45) is 5.41 Å². The lowest BCUT2D eigenvalue weighted by atomic mass is 9.83. The molecule has 0 spiro atoms. The van der Waals surface area contributed by atoms with Gasteiger partial charge in [-0.15, -0.1) is 0 Å². The normalized spacial score (nSPS) is 26.1. The molecule has 3 heteroatoms. The maximum absolute atomic E-state index is 5.45. The molecule has 3 nitrogen and oxygen atoms in total. The maximum Gasteiger partial charge on any atom is 0.0620 e. The Morgan fingerprint density at radius 2 is 2.21 bits per heavy atom. The Bertz CT molecular complexity index is 159. The third-order valence-corrected chi connectivity index (χ3v) is 2.91. The van der Waals surface area contributed by atoms with Gasteiger partial charge in [0.25, 0.3) is 0 Å². The molecule has 0 aromatic rings. The average Bonchev–Trinajstić information content (AvgIpc) is 2.14. The van der Waals surface area contributed by atoms with E-state index in [0.717, 1.165) is 26.2 Å². The molecular formula is C11H24N2O. The van der Waals surface area contributed by atoms with Crippen LogP contribution in [0.25, 0.3) is 0 Å². The Morgan fingerprint density at radius 1 is 1.50 bits per heavy atom. The van der Waals surface area contributed by atoms with Crippen molar-refractivity contribution in [3.05, 3.63) is 0 Å². The molecule has 0 amide bonds. The van der Waals surface area contributed by atoms with Gasteiger partial charge in [0.05, 0.1) is 13.2 Å². The summed E-state index contributed by atoms with van der Waals surface area (Å²) >= 11 is 0. The quantitative estimate of drug-likeness (QED) is 0.713. The van der Waals surface area contributed by atoms with Crippen molar-refractivity contribution in [1.82, 2.24) is 10.6 Å². The number of nitrogens with one attached hydrogen (secondary N) is 2. The summed E-state index contributed by atoms with van der Waals surface area (Å²) in [4.78, 5) is 0. The molecule has 2 atom stereocenters. The van der Waals surface area contributed by atoms with E-state index in [0.29, 0.717) is 17.5 Å². The number of morpholine rings is 1. The summed E-state index contributed by atoms with van der Waals surface area (Å²) in [6, 6.07) is 1.06. The predicted octanol–water partition coefficient (Wildman–Crippen LogP) is 0.999. The van der Waals surface area contributed by atoms with Crippen LogP contribution in [0.2, 0.25) is 0 Å². The minimum Gasteiger partial charge on any atom is -0.379 e. The van der Waals surface area contributed by atoms with Crippen molar-refractivity contribution < 1.29 is 4.74 Å². The van der Waals surface area contributed by atoms with Gasteiger partial charge in [0.1, 0.15) is 0 Å². The van der Waals surface area contributed by atoms with E-state index in [9.17, 15) is 0 Å². The number of hydrogen-bond acceptors (Lipinski definition) is 3. The topological polar surface area (TPSA) is 33.3 Å². The summed E-state index contributed by atoms with van der Waals surface area (Å²) in [5, 5.41) is 6.88. The molecule has 1 fully saturated rings. The zero-order valence-electron chi connectivity index (χ0n) is 9.89. The Hall–Kier alpha value is -0.120. The highest BCUT2D eigenvalue weighted by molar-refractivity contribution is 4.85. The lowest BCUT2D eigenvalue weighted by molar-refractivity contribution is 0.0648. The first-order valence-corrected chi connectivity index (χ1v) is 5.52.